The van der Waals surface area contributed by atoms with Gasteiger partial charge < -0.3 is 21.1 Å². The van der Waals surface area contributed by atoms with Crippen molar-refractivity contribution in [1.29, 1.82) is 0 Å². The van der Waals surface area contributed by atoms with Crippen molar-refractivity contribution in [3.8, 4) is 0 Å². The minimum atomic E-state index is -4.39. The molecular weight excluding hydrogens is 551 g/mol. The summed E-state index contributed by atoms with van der Waals surface area (Å²) >= 11 is 6.87. The number of fused-ring (bicyclic) bond motifs is 1. The molecule has 4 N–H and O–H groups in total. The number of alkyl halides is 3. The third-order valence-electron chi connectivity index (χ3n) is 5.77. The summed E-state index contributed by atoms with van der Waals surface area (Å²) in [6, 6.07) is 12.5. The molecule has 0 amide bonds. The van der Waals surface area contributed by atoms with Gasteiger partial charge in [0.05, 0.1) is 18.8 Å². The standard InChI is InChI=1S/C19H22F3N7OS.C7H7Cl/c20-19(21,22)12-2-4-13(5-3-12)25-15-14-16(31-17(23)26-14)28-18(27-15)24-6-1-7-29-8-10-30-11-9-29;1-6-3-2-4-7(8)5-6/h2-5H,1,6-11H2,(H2,23,26)(H2,24,25,27,28);2-5H,1H3. The number of nitrogens with one attached hydrogen (secondary N) is 2. The summed E-state index contributed by atoms with van der Waals surface area (Å²) in [5, 5.41) is 7.39. The Morgan fingerprint density at radius 1 is 1.08 bits per heavy atom. The smallest absolute Gasteiger partial charge is 0.379 e. The van der Waals surface area contributed by atoms with E-state index in [9.17, 15) is 13.2 Å². The second-order valence-corrected chi connectivity index (χ2v) is 10.3. The predicted octanol–water partition coefficient (Wildman–Crippen LogP) is 6.21. The van der Waals surface area contributed by atoms with Crippen LogP contribution < -0.4 is 16.4 Å². The molecule has 0 bridgehead atoms. The highest BCUT2D eigenvalue weighted by molar-refractivity contribution is 7.21. The summed E-state index contributed by atoms with van der Waals surface area (Å²) in [6.45, 7) is 7.04. The van der Waals surface area contributed by atoms with Crippen LogP contribution in [0.25, 0.3) is 10.3 Å². The summed E-state index contributed by atoms with van der Waals surface area (Å²) < 4.78 is 43.7. The number of hydrogen-bond acceptors (Lipinski definition) is 9. The van der Waals surface area contributed by atoms with Crippen molar-refractivity contribution < 1.29 is 17.9 Å². The molecular formula is C26H29ClF3N7OS. The van der Waals surface area contributed by atoms with E-state index in [0.29, 0.717) is 39.5 Å². The van der Waals surface area contributed by atoms with E-state index < -0.39 is 11.7 Å². The zero-order valence-electron chi connectivity index (χ0n) is 21.3. The molecule has 1 aliphatic rings. The molecule has 8 nitrogen and oxygen atoms in total. The second kappa shape index (κ2) is 13.2. The quantitative estimate of drug-likeness (QED) is 0.222. The van der Waals surface area contributed by atoms with E-state index in [4.69, 9.17) is 22.1 Å². The zero-order valence-corrected chi connectivity index (χ0v) is 22.8. The highest BCUT2D eigenvalue weighted by Gasteiger charge is 2.30. The molecule has 0 aliphatic carbocycles. The number of rotatable bonds is 7. The second-order valence-electron chi connectivity index (χ2n) is 8.84. The third kappa shape index (κ3) is 8.65. The maximum absolute atomic E-state index is 12.8. The molecule has 13 heteroatoms. The van der Waals surface area contributed by atoms with Crippen LogP contribution in [-0.2, 0) is 10.9 Å². The largest absolute Gasteiger partial charge is 0.416 e. The SMILES string of the molecule is Cc1cccc(Cl)c1.Nc1nc2c(Nc3ccc(C(F)(F)F)cc3)nc(NCCCN3CCOCC3)nc2s1. The third-order valence-corrected chi connectivity index (χ3v) is 6.78. The molecule has 2 aromatic carbocycles. The number of anilines is 4. The summed E-state index contributed by atoms with van der Waals surface area (Å²) in [7, 11) is 0. The molecule has 3 heterocycles. The molecule has 2 aromatic heterocycles. The van der Waals surface area contributed by atoms with Gasteiger partial charge in [-0.2, -0.15) is 23.1 Å². The first-order valence-corrected chi connectivity index (χ1v) is 13.5. The van der Waals surface area contributed by atoms with E-state index in [-0.39, 0.29) is 0 Å². The molecule has 1 aliphatic heterocycles. The molecule has 1 fully saturated rings. The zero-order chi connectivity index (χ0) is 27.8. The summed E-state index contributed by atoms with van der Waals surface area (Å²) in [6.07, 6.45) is -3.48. The van der Waals surface area contributed by atoms with Gasteiger partial charge in [0.2, 0.25) is 5.95 Å². The van der Waals surface area contributed by atoms with Crippen molar-refractivity contribution in [3.05, 3.63) is 64.7 Å². The van der Waals surface area contributed by atoms with Gasteiger partial charge in [0.25, 0.3) is 0 Å². The van der Waals surface area contributed by atoms with Gasteiger partial charge in [-0.25, -0.2) is 4.98 Å². The van der Waals surface area contributed by atoms with Crippen LogP contribution in [0, 0.1) is 6.92 Å². The van der Waals surface area contributed by atoms with Crippen molar-refractivity contribution in [2.75, 3.05) is 55.8 Å². The van der Waals surface area contributed by atoms with Gasteiger partial charge in [-0.15, -0.1) is 0 Å². The van der Waals surface area contributed by atoms with Gasteiger partial charge in [-0.3, -0.25) is 4.90 Å². The van der Waals surface area contributed by atoms with Crippen LogP contribution in [0.4, 0.5) is 35.8 Å². The van der Waals surface area contributed by atoms with E-state index in [1.165, 1.54) is 29.0 Å². The number of halogens is 4. The number of benzene rings is 2. The van der Waals surface area contributed by atoms with Crippen molar-refractivity contribution in [2.45, 2.75) is 19.5 Å². The number of aromatic nitrogens is 3. The molecule has 208 valence electrons. The summed E-state index contributed by atoms with van der Waals surface area (Å²) in [4.78, 5) is 16.1. The van der Waals surface area contributed by atoms with Crippen LogP contribution >= 0.6 is 22.9 Å². The molecule has 0 saturated carbocycles. The average Bonchev–Trinajstić information content (AvgIpc) is 3.28. The number of nitrogen functional groups attached to an aromatic ring is 1. The van der Waals surface area contributed by atoms with Crippen molar-refractivity contribution in [2.24, 2.45) is 0 Å². The highest BCUT2D eigenvalue weighted by Crippen LogP contribution is 2.32. The molecule has 4 aromatic rings. The monoisotopic (exact) mass is 579 g/mol. The Hall–Kier alpha value is -3.19. The number of thiazole rings is 1. The molecule has 39 heavy (non-hydrogen) atoms. The van der Waals surface area contributed by atoms with Crippen LogP contribution in [0.5, 0.6) is 0 Å². The topological polar surface area (TPSA) is 101 Å². The van der Waals surface area contributed by atoms with Gasteiger partial charge in [-0.1, -0.05) is 35.1 Å². The minimum absolute atomic E-state index is 0.337. The first kappa shape index (κ1) is 28.8. The van der Waals surface area contributed by atoms with Gasteiger partial charge in [0, 0.05) is 30.3 Å². The molecule has 0 radical (unpaired) electrons. The number of nitrogens with zero attached hydrogens (tertiary/aromatic N) is 4. The Bertz CT molecular complexity index is 1340. The number of morpholine rings is 1. The van der Waals surface area contributed by atoms with Crippen LogP contribution in [0.15, 0.2) is 48.5 Å². The highest BCUT2D eigenvalue weighted by atomic mass is 35.5. The fraction of sp³-hybridized carbons (Fsp3) is 0.346. The van der Waals surface area contributed by atoms with Crippen LogP contribution in [0.2, 0.25) is 5.02 Å². The fourth-order valence-corrected chi connectivity index (χ4v) is 4.77. The lowest BCUT2D eigenvalue weighted by Crippen LogP contribution is -2.37. The number of ether oxygens (including phenoxy) is 1. The summed E-state index contributed by atoms with van der Waals surface area (Å²) in [5.74, 6) is 0.793. The number of nitrogens with two attached hydrogens (primary N) is 1. The number of hydrogen-bond donors (Lipinski definition) is 3. The first-order chi connectivity index (χ1) is 18.7. The fourth-order valence-electron chi connectivity index (χ4n) is 3.82. The molecule has 5 rings (SSSR count). The molecule has 0 spiro atoms. The summed E-state index contributed by atoms with van der Waals surface area (Å²) in [5.41, 5.74) is 7.25. The Kier molecular flexibility index (Phi) is 9.78. The van der Waals surface area contributed by atoms with Gasteiger partial charge in [0.15, 0.2) is 15.8 Å². The van der Waals surface area contributed by atoms with Gasteiger partial charge in [0.1, 0.15) is 5.52 Å². The Balaban J connectivity index is 0.000000379. The Morgan fingerprint density at radius 2 is 1.82 bits per heavy atom. The average molecular weight is 580 g/mol. The maximum Gasteiger partial charge on any atom is 0.416 e. The van der Waals surface area contributed by atoms with Crippen LogP contribution in [-0.4, -0.2) is 59.2 Å². The van der Waals surface area contributed by atoms with E-state index in [0.717, 1.165) is 56.4 Å². The van der Waals surface area contributed by atoms with Gasteiger partial charge in [-0.05, 0) is 61.9 Å². The van der Waals surface area contributed by atoms with Crippen molar-refractivity contribution in [1.82, 2.24) is 19.9 Å². The minimum Gasteiger partial charge on any atom is -0.379 e. The molecule has 0 unspecified atom stereocenters. The lowest BCUT2D eigenvalue weighted by Gasteiger charge is -2.26. The van der Waals surface area contributed by atoms with Crippen LogP contribution in [0.1, 0.15) is 17.5 Å². The predicted molar refractivity (Wildman–Crippen MR) is 151 cm³/mol. The molecule has 1 saturated heterocycles. The van der Waals surface area contributed by atoms with Crippen molar-refractivity contribution >= 4 is 55.9 Å². The van der Waals surface area contributed by atoms with E-state index in [2.05, 4.69) is 30.5 Å². The van der Waals surface area contributed by atoms with Crippen molar-refractivity contribution in [3.63, 3.8) is 0 Å². The van der Waals surface area contributed by atoms with E-state index >= 15 is 0 Å². The maximum atomic E-state index is 12.8. The number of aryl methyl sites for hydroxylation is 1. The lowest BCUT2D eigenvalue weighted by molar-refractivity contribution is -0.137. The van der Waals surface area contributed by atoms with Crippen LogP contribution in [0.3, 0.4) is 0 Å². The Morgan fingerprint density at radius 3 is 2.46 bits per heavy atom. The lowest BCUT2D eigenvalue weighted by atomic mass is 10.2. The van der Waals surface area contributed by atoms with E-state index in [1.807, 2.05) is 31.2 Å². The Labute approximate surface area is 233 Å². The van der Waals surface area contributed by atoms with Gasteiger partial charge >= 0.3 is 6.18 Å². The normalized spacial score (nSPS) is 14.1. The first-order valence-electron chi connectivity index (χ1n) is 12.3. The molecule has 0 atom stereocenters. The van der Waals surface area contributed by atoms with E-state index in [1.54, 1.807) is 0 Å².